The van der Waals surface area contributed by atoms with Crippen molar-refractivity contribution >= 4 is 11.9 Å². The molecule has 0 aromatic carbocycles. The van der Waals surface area contributed by atoms with Gasteiger partial charge in [0.2, 0.25) is 0 Å². The van der Waals surface area contributed by atoms with E-state index in [2.05, 4.69) is 27.1 Å². The highest BCUT2D eigenvalue weighted by atomic mass is 19.3. The van der Waals surface area contributed by atoms with Crippen molar-refractivity contribution in [1.82, 2.24) is 24.9 Å². The normalized spacial score (nSPS) is 14.2. The van der Waals surface area contributed by atoms with Crippen LogP contribution in [0.25, 0.3) is 11.4 Å². The van der Waals surface area contributed by atoms with E-state index in [0.717, 1.165) is 17.7 Å². The average Bonchev–Trinajstić information content (AvgIpc) is 3.46. The molecule has 0 aliphatic heterocycles. The molecule has 2 aromatic heterocycles. The van der Waals surface area contributed by atoms with Gasteiger partial charge in [-0.3, -0.25) is 23.6 Å². The first-order valence-electron chi connectivity index (χ1n) is 11.3. The predicted molar refractivity (Wildman–Crippen MR) is 121 cm³/mol. The average molecular weight is 492 g/mol. The number of rotatable bonds is 10. The number of pyridine rings is 1. The number of aromatic nitrogens is 4. The Morgan fingerprint density at radius 2 is 2.00 bits per heavy atom. The molecule has 1 saturated carbocycles. The SMILES string of the molecule is Cc1nc(-c2nnn(C)c2CC(F)(F)C(=O)N(C)CCCCF)ccc1C#CC1(CC(=O)O)CC1. The number of halogens is 3. The minimum absolute atomic E-state index is 0.00844. The molecule has 8 nitrogen and oxygen atoms in total. The molecule has 1 N–H and O–H groups in total. The molecule has 35 heavy (non-hydrogen) atoms. The number of carboxylic acids is 1. The molecule has 1 aliphatic rings. The van der Waals surface area contributed by atoms with E-state index >= 15 is 0 Å². The zero-order valence-electron chi connectivity index (χ0n) is 19.9. The van der Waals surface area contributed by atoms with E-state index in [4.69, 9.17) is 5.11 Å². The summed E-state index contributed by atoms with van der Waals surface area (Å²) in [4.78, 5) is 28.7. The number of aryl methyl sites for hydroxylation is 2. The van der Waals surface area contributed by atoms with Crippen LogP contribution in [0.2, 0.25) is 0 Å². The lowest BCUT2D eigenvalue weighted by molar-refractivity contribution is -0.156. The third-order valence-electron chi connectivity index (χ3n) is 6.00. The van der Waals surface area contributed by atoms with Gasteiger partial charge >= 0.3 is 11.9 Å². The summed E-state index contributed by atoms with van der Waals surface area (Å²) in [5.74, 6) is 0.0820. The number of carboxylic acid groups (broad SMARTS) is 1. The third kappa shape index (κ3) is 6.38. The minimum atomic E-state index is -3.71. The van der Waals surface area contributed by atoms with Crippen molar-refractivity contribution in [2.45, 2.75) is 51.4 Å². The maximum Gasteiger partial charge on any atom is 0.330 e. The lowest BCUT2D eigenvalue weighted by Crippen LogP contribution is -2.43. The van der Waals surface area contributed by atoms with Crippen molar-refractivity contribution < 1.29 is 27.9 Å². The number of carbonyl (C=O) groups excluding carboxylic acids is 1. The quantitative estimate of drug-likeness (QED) is 0.405. The molecule has 0 saturated heterocycles. The number of hydrogen-bond acceptors (Lipinski definition) is 5. The summed E-state index contributed by atoms with van der Waals surface area (Å²) in [7, 11) is 2.73. The Morgan fingerprint density at radius 3 is 2.60 bits per heavy atom. The van der Waals surface area contributed by atoms with Crippen LogP contribution in [0.4, 0.5) is 13.2 Å². The molecule has 1 amide bonds. The van der Waals surface area contributed by atoms with Gasteiger partial charge in [0.25, 0.3) is 5.91 Å². The molecule has 0 atom stereocenters. The van der Waals surface area contributed by atoms with E-state index in [1.807, 2.05) is 0 Å². The number of nitrogens with zero attached hydrogens (tertiary/aromatic N) is 5. The van der Waals surface area contributed by atoms with E-state index < -0.39 is 36.3 Å². The van der Waals surface area contributed by atoms with Crippen molar-refractivity contribution in [1.29, 1.82) is 0 Å². The highest BCUT2D eigenvalue weighted by molar-refractivity contribution is 5.83. The molecule has 2 heterocycles. The second-order valence-electron chi connectivity index (χ2n) is 8.94. The number of unbranched alkanes of at least 4 members (excludes halogenated alkanes) is 1. The van der Waals surface area contributed by atoms with Crippen LogP contribution in [0, 0.1) is 24.2 Å². The molecule has 2 aromatic rings. The molecule has 188 valence electrons. The topological polar surface area (TPSA) is 101 Å². The smallest absolute Gasteiger partial charge is 0.330 e. The monoisotopic (exact) mass is 491 g/mol. The van der Waals surface area contributed by atoms with Crippen molar-refractivity contribution in [3.05, 3.63) is 29.1 Å². The summed E-state index contributed by atoms with van der Waals surface area (Å²) in [6, 6.07) is 3.27. The molecule has 3 rings (SSSR count). The number of carbonyl (C=O) groups is 2. The van der Waals surface area contributed by atoms with Crippen LogP contribution < -0.4 is 0 Å². The van der Waals surface area contributed by atoms with Crippen LogP contribution in [-0.4, -0.2) is 68.1 Å². The zero-order valence-corrected chi connectivity index (χ0v) is 19.9. The maximum atomic E-state index is 14.9. The zero-order chi connectivity index (χ0) is 25.8. The molecule has 0 unspecified atom stereocenters. The van der Waals surface area contributed by atoms with Crippen molar-refractivity contribution in [2.24, 2.45) is 12.5 Å². The fourth-order valence-corrected chi connectivity index (χ4v) is 3.70. The molecule has 0 bridgehead atoms. The number of amides is 1. The Hall–Kier alpha value is -3.42. The van der Waals surface area contributed by atoms with Gasteiger partial charge in [-0.05, 0) is 44.7 Å². The van der Waals surface area contributed by atoms with Crippen LogP contribution in [-0.2, 0) is 23.1 Å². The molecule has 11 heteroatoms. The van der Waals surface area contributed by atoms with Gasteiger partial charge in [-0.1, -0.05) is 17.1 Å². The first-order valence-corrected chi connectivity index (χ1v) is 11.3. The van der Waals surface area contributed by atoms with Gasteiger partial charge in [-0.15, -0.1) is 5.10 Å². The number of aliphatic carboxylic acids is 1. The van der Waals surface area contributed by atoms with Gasteiger partial charge in [-0.25, -0.2) is 0 Å². The summed E-state index contributed by atoms with van der Waals surface area (Å²) in [5.41, 5.74) is 1.13. The summed E-state index contributed by atoms with van der Waals surface area (Å²) in [6.07, 6.45) is 1.04. The Kier molecular flexibility index (Phi) is 7.83. The molecule has 0 spiro atoms. The van der Waals surface area contributed by atoms with Crippen LogP contribution >= 0.6 is 0 Å². The van der Waals surface area contributed by atoms with Crippen LogP contribution in [0.5, 0.6) is 0 Å². The van der Waals surface area contributed by atoms with E-state index in [0.29, 0.717) is 23.4 Å². The molecule has 1 aliphatic carbocycles. The first-order chi connectivity index (χ1) is 16.5. The third-order valence-corrected chi connectivity index (χ3v) is 6.00. The fourth-order valence-electron chi connectivity index (χ4n) is 3.70. The summed E-state index contributed by atoms with van der Waals surface area (Å²) < 4.78 is 43.2. The van der Waals surface area contributed by atoms with E-state index in [9.17, 15) is 22.8 Å². The van der Waals surface area contributed by atoms with Gasteiger partial charge in [0, 0.05) is 31.6 Å². The minimum Gasteiger partial charge on any atom is -0.481 e. The lowest BCUT2D eigenvalue weighted by atomic mass is 10.0. The van der Waals surface area contributed by atoms with Crippen molar-refractivity contribution in [3.8, 4) is 23.2 Å². The fraction of sp³-hybridized carbons (Fsp3) is 0.542. The highest BCUT2D eigenvalue weighted by Crippen LogP contribution is 2.48. The number of hydrogen-bond donors (Lipinski definition) is 1. The highest BCUT2D eigenvalue weighted by Gasteiger charge is 2.44. The molecular formula is C24H28F3N5O3. The largest absolute Gasteiger partial charge is 0.481 e. The van der Waals surface area contributed by atoms with Crippen LogP contribution in [0.15, 0.2) is 12.1 Å². The van der Waals surface area contributed by atoms with Crippen LogP contribution in [0.1, 0.15) is 49.1 Å². The van der Waals surface area contributed by atoms with Crippen molar-refractivity contribution in [2.75, 3.05) is 20.3 Å². The number of alkyl halides is 3. The lowest BCUT2D eigenvalue weighted by Gasteiger charge is -2.23. The van der Waals surface area contributed by atoms with Crippen LogP contribution in [0.3, 0.4) is 0 Å². The molecular weight excluding hydrogens is 463 g/mol. The molecule has 1 fully saturated rings. The second kappa shape index (κ2) is 10.5. The van der Waals surface area contributed by atoms with E-state index in [-0.39, 0.29) is 30.8 Å². The van der Waals surface area contributed by atoms with E-state index in [1.54, 1.807) is 19.1 Å². The first kappa shape index (κ1) is 26.2. The Balaban J connectivity index is 1.80. The summed E-state index contributed by atoms with van der Waals surface area (Å²) in [6.45, 7) is 1.18. The molecule has 0 radical (unpaired) electrons. The van der Waals surface area contributed by atoms with E-state index in [1.165, 1.54) is 18.8 Å². The van der Waals surface area contributed by atoms with Gasteiger partial charge in [0.1, 0.15) is 5.69 Å². The standard InChI is InChI=1S/C24H28F3N5O3/c1-16-17(8-9-23(10-11-23)15-20(33)34)6-7-18(28-16)21-19(32(3)30-29-21)14-24(26,27)22(35)31(2)13-5-4-12-25/h6-7H,4-5,10-15H2,1-3H3,(H,33,34). The summed E-state index contributed by atoms with van der Waals surface area (Å²) in [5, 5.41) is 16.9. The van der Waals surface area contributed by atoms with Gasteiger partial charge in [0.15, 0.2) is 0 Å². The predicted octanol–water partition coefficient (Wildman–Crippen LogP) is 3.18. The Bertz CT molecular complexity index is 1160. The Labute approximate surface area is 201 Å². The maximum absolute atomic E-state index is 14.9. The van der Waals surface area contributed by atoms with Crippen molar-refractivity contribution in [3.63, 3.8) is 0 Å². The second-order valence-corrected chi connectivity index (χ2v) is 8.94. The van der Waals surface area contributed by atoms with Gasteiger partial charge in [-0.2, -0.15) is 8.78 Å². The Morgan fingerprint density at radius 1 is 1.29 bits per heavy atom. The van der Waals surface area contributed by atoms with Gasteiger partial charge < -0.3 is 10.0 Å². The summed E-state index contributed by atoms with van der Waals surface area (Å²) >= 11 is 0. The van der Waals surface area contributed by atoms with Gasteiger partial charge in [0.05, 0.1) is 36.6 Å².